The summed E-state index contributed by atoms with van der Waals surface area (Å²) < 4.78 is 0. The Balaban J connectivity index is 1.89. The minimum Gasteiger partial charge on any atom is -0.390 e. The molecule has 1 saturated carbocycles. The molecular formula is C15H24OS. The highest BCUT2D eigenvalue weighted by Crippen LogP contribution is 2.38. The van der Waals surface area contributed by atoms with Crippen molar-refractivity contribution in [3.05, 3.63) is 22.4 Å². The average Bonchev–Trinajstić information content (AvgIpc) is 2.79. The average molecular weight is 252 g/mol. The van der Waals surface area contributed by atoms with Gasteiger partial charge in [0.15, 0.2) is 0 Å². The van der Waals surface area contributed by atoms with Gasteiger partial charge in [0.05, 0.1) is 5.60 Å². The molecule has 2 unspecified atom stereocenters. The van der Waals surface area contributed by atoms with Crippen LogP contribution in [-0.2, 0) is 6.42 Å². The Bertz CT molecular complexity index is 331. The maximum Gasteiger partial charge on any atom is 0.0654 e. The molecule has 17 heavy (non-hydrogen) atoms. The van der Waals surface area contributed by atoms with Gasteiger partial charge in [-0.1, -0.05) is 26.3 Å². The van der Waals surface area contributed by atoms with Crippen LogP contribution in [0.5, 0.6) is 0 Å². The Morgan fingerprint density at radius 3 is 3.00 bits per heavy atom. The number of hydrogen-bond donors (Lipinski definition) is 1. The van der Waals surface area contributed by atoms with Gasteiger partial charge in [-0.3, -0.25) is 0 Å². The van der Waals surface area contributed by atoms with E-state index in [1.165, 1.54) is 17.7 Å². The smallest absolute Gasteiger partial charge is 0.0654 e. The molecule has 1 aromatic heterocycles. The maximum absolute atomic E-state index is 10.7. The molecule has 1 aliphatic carbocycles. The van der Waals surface area contributed by atoms with E-state index in [-0.39, 0.29) is 0 Å². The van der Waals surface area contributed by atoms with E-state index in [9.17, 15) is 5.11 Å². The second-order valence-electron chi connectivity index (χ2n) is 5.90. The van der Waals surface area contributed by atoms with Crippen molar-refractivity contribution in [3.8, 4) is 0 Å². The second kappa shape index (κ2) is 5.53. The molecule has 0 aliphatic heterocycles. The Kier molecular flexibility index (Phi) is 4.26. The van der Waals surface area contributed by atoms with Crippen molar-refractivity contribution in [1.82, 2.24) is 0 Å². The van der Waals surface area contributed by atoms with Crippen LogP contribution < -0.4 is 0 Å². The monoisotopic (exact) mass is 252 g/mol. The first-order valence-corrected chi connectivity index (χ1v) is 7.72. The van der Waals surface area contributed by atoms with Crippen LogP contribution in [0.4, 0.5) is 0 Å². The molecule has 0 aromatic carbocycles. The Hall–Kier alpha value is -0.340. The van der Waals surface area contributed by atoms with Gasteiger partial charge in [-0.25, -0.2) is 0 Å². The van der Waals surface area contributed by atoms with E-state index >= 15 is 0 Å². The topological polar surface area (TPSA) is 20.2 Å². The van der Waals surface area contributed by atoms with E-state index in [0.717, 1.165) is 31.6 Å². The van der Waals surface area contributed by atoms with E-state index in [2.05, 4.69) is 31.4 Å². The first kappa shape index (κ1) is 13.1. The molecule has 1 nitrogen and oxygen atoms in total. The lowest BCUT2D eigenvalue weighted by Crippen LogP contribution is -2.37. The fraction of sp³-hybridized carbons (Fsp3) is 0.733. The van der Waals surface area contributed by atoms with Crippen LogP contribution in [0.25, 0.3) is 0 Å². The molecule has 96 valence electrons. The van der Waals surface area contributed by atoms with Crippen molar-refractivity contribution < 1.29 is 5.11 Å². The number of thiophene rings is 1. The van der Waals surface area contributed by atoms with Crippen LogP contribution in [0.15, 0.2) is 17.5 Å². The summed E-state index contributed by atoms with van der Waals surface area (Å²) in [6, 6.07) is 4.28. The lowest BCUT2D eigenvalue weighted by atomic mass is 9.72. The molecule has 2 rings (SSSR count). The molecule has 1 aliphatic rings. The third-order valence-electron chi connectivity index (χ3n) is 4.22. The van der Waals surface area contributed by atoms with Gasteiger partial charge in [-0.2, -0.15) is 0 Å². The van der Waals surface area contributed by atoms with Gasteiger partial charge in [-0.15, -0.1) is 11.3 Å². The lowest BCUT2D eigenvalue weighted by molar-refractivity contribution is -0.0306. The predicted octanol–water partition coefficient (Wildman–Crippen LogP) is 4.26. The summed E-state index contributed by atoms with van der Waals surface area (Å²) in [7, 11) is 0. The van der Waals surface area contributed by atoms with Crippen LogP contribution in [0, 0.1) is 11.8 Å². The largest absolute Gasteiger partial charge is 0.390 e. The van der Waals surface area contributed by atoms with Gasteiger partial charge in [0.2, 0.25) is 0 Å². The van der Waals surface area contributed by atoms with Crippen LogP contribution in [-0.4, -0.2) is 10.7 Å². The summed E-state index contributed by atoms with van der Waals surface area (Å²) in [6.07, 6.45) is 6.50. The summed E-state index contributed by atoms with van der Waals surface area (Å²) in [5.74, 6) is 1.43. The fourth-order valence-corrected chi connectivity index (χ4v) is 3.70. The standard InChI is InChI=1S/C15H24OS/c1-12(2)13-5-3-8-15(16,11-13)9-7-14-6-4-10-17-14/h4,6,10,12-13,16H,3,5,7-9,11H2,1-2H3. The maximum atomic E-state index is 10.7. The van der Waals surface area contributed by atoms with Gasteiger partial charge < -0.3 is 5.11 Å². The Labute approximate surface area is 109 Å². The number of aryl methyl sites for hydroxylation is 1. The molecule has 1 fully saturated rings. The van der Waals surface area contributed by atoms with Crippen molar-refractivity contribution >= 4 is 11.3 Å². The zero-order valence-corrected chi connectivity index (χ0v) is 11.8. The zero-order valence-electron chi connectivity index (χ0n) is 11.0. The van der Waals surface area contributed by atoms with E-state index in [4.69, 9.17) is 0 Å². The summed E-state index contributed by atoms with van der Waals surface area (Å²) in [5, 5.41) is 12.8. The number of rotatable bonds is 4. The van der Waals surface area contributed by atoms with E-state index in [0.29, 0.717) is 5.92 Å². The predicted molar refractivity (Wildman–Crippen MR) is 74.4 cm³/mol. The first-order valence-electron chi connectivity index (χ1n) is 6.84. The minimum atomic E-state index is -0.392. The summed E-state index contributed by atoms with van der Waals surface area (Å²) >= 11 is 1.81. The molecule has 0 spiro atoms. The molecule has 0 saturated heterocycles. The van der Waals surface area contributed by atoms with E-state index < -0.39 is 5.60 Å². The molecule has 2 heteroatoms. The van der Waals surface area contributed by atoms with Crippen LogP contribution >= 0.6 is 11.3 Å². The van der Waals surface area contributed by atoms with Crippen molar-refractivity contribution in [3.63, 3.8) is 0 Å². The molecule has 0 bridgehead atoms. The summed E-state index contributed by atoms with van der Waals surface area (Å²) in [4.78, 5) is 1.41. The van der Waals surface area contributed by atoms with Gasteiger partial charge in [-0.05, 0) is 55.4 Å². The molecule has 1 heterocycles. The quantitative estimate of drug-likeness (QED) is 0.849. The normalized spacial score (nSPS) is 29.8. The SMILES string of the molecule is CC(C)C1CCCC(O)(CCc2cccs2)C1. The third-order valence-corrected chi connectivity index (χ3v) is 5.16. The molecule has 0 amide bonds. The van der Waals surface area contributed by atoms with Crippen molar-refractivity contribution in [2.45, 2.75) is 58.0 Å². The fourth-order valence-electron chi connectivity index (χ4n) is 2.99. The Morgan fingerprint density at radius 1 is 1.53 bits per heavy atom. The van der Waals surface area contributed by atoms with E-state index in [1.807, 2.05) is 0 Å². The molecule has 1 N–H and O–H groups in total. The summed E-state index contributed by atoms with van der Waals surface area (Å²) in [6.45, 7) is 4.57. The van der Waals surface area contributed by atoms with Crippen LogP contribution in [0.2, 0.25) is 0 Å². The molecule has 1 aromatic rings. The first-order chi connectivity index (χ1) is 8.09. The minimum absolute atomic E-state index is 0.392. The van der Waals surface area contributed by atoms with Crippen molar-refractivity contribution in [2.24, 2.45) is 11.8 Å². The molecule has 0 radical (unpaired) electrons. The van der Waals surface area contributed by atoms with Gasteiger partial charge in [0.1, 0.15) is 0 Å². The zero-order chi connectivity index (χ0) is 12.3. The van der Waals surface area contributed by atoms with Crippen LogP contribution in [0.3, 0.4) is 0 Å². The number of aliphatic hydroxyl groups is 1. The number of hydrogen-bond acceptors (Lipinski definition) is 2. The van der Waals surface area contributed by atoms with Crippen molar-refractivity contribution in [1.29, 1.82) is 0 Å². The Morgan fingerprint density at radius 2 is 2.35 bits per heavy atom. The van der Waals surface area contributed by atoms with Gasteiger partial charge >= 0.3 is 0 Å². The van der Waals surface area contributed by atoms with Crippen molar-refractivity contribution in [2.75, 3.05) is 0 Å². The van der Waals surface area contributed by atoms with Gasteiger partial charge in [0, 0.05) is 4.88 Å². The molecule has 2 atom stereocenters. The van der Waals surface area contributed by atoms with Gasteiger partial charge in [0.25, 0.3) is 0 Å². The highest BCUT2D eigenvalue weighted by molar-refractivity contribution is 7.09. The summed E-state index contributed by atoms with van der Waals surface area (Å²) in [5.41, 5.74) is -0.392. The highest BCUT2D eigenvalue weighted by Gasteiger charge is 2.34. The second-order valence-corrected chi connectivity index (χ2v) is 6.94. The highest BCUT2D eigenvalue weighted by atomic mass is 32.1. The third kappa shape index (κ3) is 3.56. The van der Waals surface area contributed by atoms with E-state index in [1.54, 1.807) is 11.3 Å². The molecular weight excluding hydrogens is 228 g/mol. The van der Waals surface area contributed by atoms with Crippen LogP contribution in [0.1, 0.15) is 50.8 Å². The lowest BCUT2D eigenvalue weighted by Gasteiger charge is -2.38.